The highest BCUT2D eigenvalue weighted by Crippen LogP contribution is 2.34. The maximum Gasteiger partial charge on any atom is 0.340 e. The topological polar surface area (TPSA) is 82.3 Å². The molecule has 144 valence electrons. The molecule has 0 aliphatic carbocycles. The highest BCUT2D eigenvalue weighted by atomic mass is 16.5. The van der Waals surface area contributed by atoms with Crippen LogP contribution in [-0.2, 0) is 4.74 Å². The standard InChI is InChI=1S/C22H22N2O4/c1-6-27-22(26)20-14(4)23-13(3)19(15(5)25)21(20)17-11-18(28-24-17)16-9-7-12(2)8-10-16/h7-11H,6H2,1-5H3. The quantitative estimate of drug-likeness (QED) is 0.472. The zero-order valence-corrected chi connectivity index (χ0v) is 16.6. The van der Waals surface area contributed by atoms with Crippen molar-refractivity contribution < 1.29 is 18.8 Å². The van der Waals surface area contributed by atoms with Crippen LogP contribution < -0.4 is 0 Å². The van der Waals surface area contributed by atoms with Crippen LogP contribution >= 0.6 is 0 Å². The molecule has 0 saturated heterocycles. The van der Waals surface area contributed by atoms with E-state index in [9.17, 15) is 9.59 Å². The van der Waals surface area contributed by atoms with E-state index in [4.69, 9.17) is 9.26 Å². The van der Waals surface area contributed by atoms with E-state index in [1.807, 2.05) is 31.2 Å². The minimum Gasteiger partial charge on any atom is -0.462 e. The zero-order valence-electron chi connectivity index (χ0n) is 16.6. The summed E-state index contributed by atoms with van der Waals surface area (Å²) in [4.78, 5) is 29.4. The number of carbonyl (C=O) groups excluding carboxylic acids is 2. The van der Waals surface area contributed by atoms with Gasteiger partial charge in [0.05, 0.1) is 17.9 Å². The number of ether oxygens (including phenoxy) is 1. The van der Waals surface area contributed by atoms with Crippen LogP contribution in [0.15, 0.2) is 34.9 Å². The van der Waals surface area contributed by atoms with Gasteiger partial charge in [0, 0.05) is 28.5 Å². The van der Waals surface area contributed by atoms with Crippen LogP contribution in [-0.4, -0.2) is 28.5 Å². The lowest BCUT2D eigenvalue weighted by molar-refractivity contribution is 0.0526. The minimum atomic E-state index is -0.537. The Balaban J connectivity index is 2.24. The second-order valence-electron chi connectivity index (χ2n) is 6.63. The molecule has 3 aromatic rings. The van der Waals surface area contributed by atoms with Gasteiger partial charge in [-0.05, 0) is 34.6 Å². The molecule has 0 bridgehead atoms. The fourth-order valence-corrected chi connectivity index (χ4v) is 3.24. The van der Waals surface area contributed by atoms with Crippen LogP contribution in [0.1, 0.15) is 51.5 Å². The van der Waals surface area contributed by atoms with E-state index in [0.717, 1.165) is 11.1 Å². The second kappa shape index (κ2) is 7.76. The number of pyridine rings is 1. The van der Waals surface area contributed by atoms with Crippen LogP contribution in [0, 0.1) is 20.8 Å². The molecule has 0 atom stereocenters. The molecule has 2 aromatic heterocycles. The highest BCUT2D eigenvalue weighted by Gasteiger charge is 2.27. The van der Waals surface area contributed by atoms with Crippen LogP contribution in [0.25, 0.3) is 22.6 Å². The maximum absolute atomic E-state index is 12.6. The van der Waals surface area contributed by atoms with Crippen molar-refractivity contribution in [3.8, 4) is 22.6 Å². The van der Waals surface area contributed by atoms with Gasteiger partial charge in [0.2, 0.25) is 0 Å². The van der Waals surface area contributed by atoms with Crippen LogP contribution in [0.2, 0.25) is 0 Å². The van der Waals surface area contributed by atoms with Gasteiger partial charge in [-0.3, -0.25) is 9.78 Å². The smallest absolute Gasteiger partial charge is 0.340 e. The molecule has 0 spiro atoms. The molecule has 6 nitrogen and oxygen atoms in total. The molecule has 0 saturated carbocycles. The third-order valence-electron chi connectivity index (χ3n) is 4.49. The third-order valence-corrected chi connectivity index (χ3v) is 4.49. The monoisotopic (exact) mass is 378 g/mol. The maximum atomic E-state index is 12.6. The van der Waals surface area contributed by atoms with Crippen molar-refractivity contribution in [1.29, 1.82) is 0 Å². The number of aryl methyl sites for hydroxylation is 3. The summed E-state index contributed by atoms with van der Waals surface area (Å²) in [6.45, 7) is 8.85. The number of nitrogens with zero attached hydrogens (tertiary/aromatic N) is 2. The molecule has 0 aliphatic rings. The zero-order chi connectivity index (χ0) is 20.4. The van der Waals surface area contributed by atoms with E-state index >= 15 is 0 Å². The second-order valence-corrected chi connectivity index (χ2v) is 6.63. The molecule has 0 unspecified atom stereocenters. The summed E-state index contributed by atoms with van der Waals surface area (Å²) in [5.41, 5.74) is 4.39. The SMILES string of the molecule is CCOC(=O)c1c(C)nc(C)c(C(C)=O)c1-c1cc(-c2ccc(C)cc2)on1. The van der Waals surface area contributed by atoms with E-state index in [2.05, 4.69) is 10.1 Å². The van der Waals surface area contributed by atoms with Gasteiger partial charge in [-0.2, -0.15) is 0 Å². The number of hydrogen-bond acceptors (Lipinski definition) is 6. The number of hydrogen-bond donors (Lipinski definition) is 0. The molecule has 28 heavy (non-hydrogen) atoms. The lowest BCUT2D eigenvalue weighted by Crippen LogP contribution is -2.15. The van der Waals surface area contributed by atoms with Gasteiger partial charge < -0.3 is 9.26 Å². The summed E-state index contributed by atoms with van der Waals surface area (Å²) in [7, 11) is 0. The van der Waals surface area contributed by atoms with Gasteiger partial charge in [-0.25, -0.2) is 4.79 Å². The van der Waals surface area contributed by atoms with Crippen molar-refractivity contribution >= 4 is 11.8 Å². The van der Waals surface area contributed by atoms with Gasteiger partial charge in [0.25, 0.3) is 0 Å². The average Bonchev–Trinajstić information content (AvgIpc) is 3.11. The first-order chi connectivity index (χ1) is 13.3. The molecule has 2 heterocycles. The Morgan fingerprint density at radius 3 is 2.29 bits per heavy atom. The van der Waals surface area contributed by atoms with E-state index in [-0.39, 0.29) is 18.0 Å². The lowest BCUT2D eigenvalue weighted by Gasteiger charge is -2.15. The molecule has 0 amide bonds. The van der Waals surface area contributed by atoms with E-state index in [1.54, 1.807) is 26.8 Å². The number of rotatable bonds is 5. The Bertz CT molecular complexity index is 1050. The van der Waals surface area contributed by atoms with Crippen molar-refractivity contribution in [1.82, 2.24) is 10.1 Å². The number of ketones is 1. The minimum absolute atomic E-state index is 0.203. The summed E-state index contributed by atoms with van der Waals surface area (Å²) < 4.78 is 10.7. The van der Waals surface area contributed by atoms with Crippen molar-refractivity contribution in [2.24, 2.45) is 0 Å². The summed E-state index contributed by atoms with van der Waals surface area (Å²) >= 11 is 0. The van der Waals surface area contributed by atoms with Crippen molar-refractivity contribution in [3.05, 3.63) is 58.4 Å². The van der Waals surface area contributed by atoms with Crippen molar-refractivity contribution in [3.63, 3.8) is 0 Å². The van der Waals surface area contributed by atoms with Crippen LogP contribution in [0.3, 0.4) is 0 Å². The Hall–Kier alpha value is -3.28. The van der Waals surface area contributed by atoms with Gasteiger partial charge in [0.1, 0.15) is 5.69 Å². The number of esters is 1. The summed E-state index contributed by atoms with van der Waals surface area (Å²) in [5, 5.41) is 4.15. The number of carbonyl (C=O) groups is 2. The average molecular weight is 378 g/mol. The Morgan fingerprint density at radius 2 is 1.68 bits per heavy atom. The first kappa shape index (κ1) is 19.5. The normalized spacial score (nSPS) is 10.8. The Kier molecular flexibility index (Phi) is 5.40. The summed E-state index contributed by atoms with van der Waals surface area (Å²) in [6.07, 6.45) is 0. The Labute approximate surface area is 163 Å². The number of aromatic nitrogens is 2. The van der Waals surface area contributed by atoms with Gasteiger partial charge in [-0.15, -0.1) is 0 Å². The van der Waals surface area contributed by atoms with E-state index < -0.39 is 5.97 Å². The summed E-state index contributed by atoms with van der Waals surface area (Å²) in [6, 6.07) is 9.54. The molecule has 1 aromatic carbocycles. The first-order valence-corrected chi connectivity index (χ1v) is 9.06. The largest absolute Gasteiger partial charge is 0.462 e. The fraction of sp³-hybridized carbons (Fsp3) is 0.273. The predicted octanol–water partition coefficient (Wildman–Crippen LogP) is 4.71. The molecule has 0 aliphatic heterocycles. The van der Waals surface area contributed by atoms with Gasteiger partial charge in [-0.1, -0.05) is 35.0 Å². The van der Waals surface area contributed by atoms with Crippen molar-refractivity contribution in [2.45, 2.75) is 34.6 Å². The highest BCUT2D eigenvalue weighted by molar-refractivity contribution is 6.08. The molecule has 0 N–H and O–H groups in total. The third kappa shape index (κ3) is 3.58. The van der Waals surface area contributed by atoms with E-state index in [1.165, 1.54) is 6.92 Å². The van der Waals surface area contributed by atoms with E-state index in [0.29, 0.717) is 34.0 Å². The number of benzene rings is 1. The van der Waals surface area contributed by atoms with Crippen molar-refractivity contribution in [2.75, 3.05) is 6.61 Å². The first-order valence-electron chi connectivity index (χ1n) is 9.06. The van der Waals surface area contributed by atoms with Gasteiger partial charge in [0.15, 0.2) is 11.5 Å². The predicted molar refractivity (Wildman–Crippen MR) is 105 cm³/mol. The molecule has 0 fully saturated rings. The molecule has 3 rings (SSSR count). The summed E-state index contributed by atoms with van der Waals surface area (Å²) in [5.74, 6) is -0.193. The molecule has 0 radical (unpaired) electrons. The number of Topliss-reactive ketones (excluding diaryl/α,β-unsaturated/α-hetero) is 1. The van der Waals surface area contributed by atoms with Crippen LogP contribution in [0.5, 0.6) is 0 Å². The lowest BCUT2D eigenvalue weighted by atomic mass is 9.93. The molecular weight excluding hydrogens is 356 g/mol. The van der Waals surface area contributed by atoms with Gasteiger partial charge >= 0.3 is 5.97 Å². The Morgan fingerprint density at radius 1 is 1.04 bits per heavy atom. The molecule has 6 heteroatoms. The molecular formula is C22H22N2O4. The van der Waals surface area contributed by atoms with Crippen LogP contribution in [0.4, 0.5) is 0 Å². The fourth-order valence-electron chi connectivity index (χ4n) is 3.24.